The summed E-state index contributed by atoms with van der Waals surface area (Å²) in [4.78, 5) is 16.4. The van der Waals surface area contributed by atoms with Gasteiger partial charge in [-0.3, -0.25) is 9.52 Å². The first-order valence-electron chi connectivity index (χ1n) is 9.18. The molecule has 3 aromatic rings. The maximum atomic E-state index is 13.2. The van der Waals surface area contributed by atoms with E-state index in [1.165, 1.54) is 32.2 Å². The van der Waals surface area contributed by atoms with Crippen LogP contribution in [0.4, 0.5) is 24.5 Å². The lowest BCUT2D eigenvalue weighted by atomic mass is 10.0. The molecule has 1 heterocycles. The van der Waals surface area contributed by atoms with Crippen LogP contribution in [-0.2, 0) is 16.2 Å². The Bertz CT molecular complexity index is 1350. The highest BCUT2D eigenvalue weighted by molar-refractivity contribution is 7.92. The van der Waals surface area contributed by atoms with E-state index in [1.807, 2.05) is 0 Å². The summed E-state index contributed by atoms with van der Waals surface area (Å²) < 4.78 is 72.8. The number of aryl methyl sites for hydroxylation is 1. The maximum Gasteiger partial charge on any atom is 0.416 e. The summed E-state index contributed by atoms with van der Waals surface area (Å²) in [6, 6.07) is 8.10. The number of benzene rings is 2. The van der Waals surface area contributed by atoms with Crippen molar-refractivity contribution >= 4 is 38.8 Å². The molecule has 0 saturated carbocycles. The SMILES string of the molecule is COc1c(N)cccc1C(=O)c1ncc(Cl)cc1NS(=O)(=O)c1ccc(C)c(C(F)(F)F)c1. The van der Waals surface area contributed by atoms with Gasteiger partial charge in [0.1, 0.15) is 5.69 Å². The summed E-state index contributed by atoms with van der Waals surface area (Å²) in [7, 11) is -3.25. The van der Waals surface area contributed by atoms with Gasteiger partial charge in [0.2, 0.25) is 5.78 Å². The summed E-state index contributed by atoms with van der Waals surface area (Å²) in [5.41, 5.74) is 4.07. The quantitative estimate of drug-likeness (QED) is 0.376. The van der Waals surface area contributed by atoms with Crippen LogP contribution in [0.15, 0.2) is 53.6 Å². The minimum absolute atomic E-state index is 0.00228. The highest BCUT2D eigenvalue weighted by Crippen LogP contribution is 2.34. The van der Waals surface area contributed by atoms with E-state index in [-0.39, 0.29) is 39.0 Å². The fourth-order valence-corrected chi connectivity index (χ4v) is 4.31. The molecule has 0 saturated heterocycles. The van der Waals surface area contributed by atoms with Gasteiger partial charge in [-0.15, -0.1) is 0 Å². The van der Waals surface area contributed by atoms with Gasteiger partial charge in [0, 0.05) is 6.20 Å². The van der Waals surface area contributed by atoms with Crippen molar-refractivity contribution in [2.24, 2.45) is 0 Å². The van der Waals surface area contributed by atoms with Crippen LogP contribution in [0.2, 0.25) is 5.02 Å². The number of hydrogen-bond donors (Lipinski definition) is 2. The number of hydrogen-bond acceptors (Lipinski definition) is 6. The van der Waals surface area contributed by atoms with E-state index >= 15 is 0 Å². The third-order valence-electron chi connectivity index (χ3n) is 4.63. The van der Waals surface area contributed by atoms with Crippen molar-refractivity contribution in [2.45, 2.75) is 18.0 Å². The summed E-state index contributed by atoms with van der Waals surface area (Å²) in [6.45, 7) is 1.21. The number of halogens is 4. The van der Waals surface area contributed by atoms with E-state index in [2.05, 4.69) is 9.71 Å². The molecule has 12 heteroatoms. The standard InChI is InChI=1S/C21H17ClF3N3O4S/c1-11-6-7-13(9-15(11)21(23,24)25)33(30,31)28-17-8-12(22)10-27-18(17)19(29)14-4-3-5-16(26)20(14)32-2/h3-10,28H,26H2,1-2H3. The zero-order valence-corrected chi connectivity index (χ0v) is 18.8. The van der Waals surface area contributed by atoms with Crippen LogP contribution in [0.1, 0.15) is 27.2 Å². The summed E-state index contributed by atoms with van der Waals surface area (Å²) >= 11 is 5.93. The van der Waals surface area contributed by atoms with Gasteiger partial charge in [-0.05, 0) is 42.8 Å². The van der Waals surface area contributed by atoms with E-state index in [4.69, 9.17) is 22.1 Å². The van der Waals surface area contributed by atoms with E-state index in [9.17, 15) is 26.4 Å². The minimum Gasteiger partial charge on any atom is -0.494 e. The van der Waals surface area contributed by atoms with Crippen molar-refractivity contribution in [1.29, 1.82) is 0 Å². The normalized spacial score (nSPS) is 11.8. The molecule has 1 aromatic heterocycles. The number of nitrogens with two attached hydrogens (primary N) is 1. The number of rotatable bonds is 6. The fourth-order valence-electron chi connectivity index (χ4n) is 3.06. The number of ketones is 1. The van der Waals surface area contributed by atoms with Crippen molar-refractivity contribution in [3.63, 3.8) is 0 Å². The van der Waals surface area contributed by atoms with Crippen molar-refractivity contribution in [3.05, 3.63) is 76.1 Å². The number of alkyl halides is 3. The number of carbonyl (C=O) groups excluding carboxylic acids is 1. The minimum atomic E-state index is -4.75. The summed E-state index contributed by atoms with van der Waals surface area (Å²) in [5.74, 6) is -0.685. The predicted molar refractivity (Wildman–Crippen MR) is 117 cm³/mol. The van der Waals surface area contributed by atoms with Crippen LogP contribution < -0.4 is 15.2 Å². The number of methoxy groups -OCH3 is 1. The molecule has 0 amide bonds. The molecule has 0 bridgehead atoms. The second-order valence-corrected chi connectivity index (χ2v) is 9.01. The summed E-state index contributed by atoms with van der Waals surface area (Å²) in [6.07, 6.45) is -3.63. The molecule has 7 nitrogen and oxygen atoms in total. The molecule has 0 aliphatic rings. The Kier molecular flexibility index (Phi) is 6.57. The first-order valence-corrected chi connectivity index (χ1v) is 11.0. The Hall–Kier alpha value is -3.31. The average Bonchev–Trinajstić information content (AvgIpc) is 2.72. The molecular formula is C21H17ClF3N3O4S. The first-order chi connectivity index (χ1) is 15.3. The van der Waals surface area contributed by atoms with E-state index in [1.54, 1.807) is 0 Å². The molecule has 174 valence electrons. The van der Waals surface area contributed by atoms with Gasteiger partial charge in [-0.2, -0.15) is 13.2 Å². The van der Waals surface area contributed by atoms with Crippen LogP contribution in [0.5, 0.6) is 5.75 Å². The third-order valence-corrected chi connectivity index (χ3v) is 6.20. The molecule has 0 radical (unpaired) electrons. The smallest absolute Gasteiger partial charge is 0.416 e. The number of nitrogens with zero attached hydrogens (tertiary/aromatic N) is 1. The number of para-hydroxylation sites is 1. The number of sulfonamides is 1. The zero-order chi connectivity index (χ0) is 24.6. The van der Waals surface area contributed by atoms with Gasteiger partial charge in [-0.1, -0.05) is 23.7 Å². The number of nitrogen functional groups attached to an aromatic ring is 1. The topological polar surface area (TPSA) is 111 Å². The van der Waals surface area contributed by atoms with Gasteiger partial charge in [-0.25, -0.2) is 13.4 Å². The zero-order valence-electron chi connectivity index (χ0n) is 17.2. The number of carbonyl (C=O) groups is 1. The molecule has 2 aromatic carbocycles. The Morgan fingerprint density at radius 3 is 2.52 bits per heavy atom. The van der Waals surface area contributed by atoms with Gasteiger partial charge in [0.15, 0.2) is 5.75 Å². The van der Waals surface area contributed by atoms with E-state index < -0.39 is 32.4 Å². The molecule has 3 rings (SSSR count). The highest BCUT2D eigenvalue weighted by Gasteiger charge is 2.34. The molecule has 0 fully saturated rings. The van der Waals surface area contributed by atoms with E-state index in [0.717, 1.165) is 24.4 Å². The van der Waals surface area contributed by atoms with E-state index in [0.29, 0.717) is 6.07 Å². The molecule has 0 unspecified atom stereocenters. The molecule has 0 spiro atoms. The largest absolute Gasteiger partial charge is 0.494 e. The molecule has 0 aliphatic heterocycles. The van der Waals surface area contributed by atoms with Gasteiger partial charge < -0.3 is 10.5 Å². The van der Waals surface area contributed by atoms with Gasteiger partial charge in [0.25, 0.3) is 10.0 Å². The number of ether oxygens (including phenoxy) is 1. The summed E-state index contributed by atoms with van der Waals surface area (Å²) in [5, 5.41) is -0.0105. The first kappa shape index (κ1) is 24.3. The Balaban J connectivity index is 2.08. The van der Waals surface area contributed by atoms with Crippen molar-refractivity contribution in [3.8, 4) is 5.75 Å². The Morgan fingerprint density at radius 2 is 1.88 bits per heavy atom. The monoisotopic (exact) mass is 499 g/mol. The predicted octanol–water partition coefficient (Wildman–Crippen LogP) is 4.68. The molecule has 33 heavy (non-hydrogen) atoms. The lowest BCUT2D eigenvalue weighted by molar-refractivity contribution is -0.138. The van der Waals surface area contributed by atoms with Crippen LogP contribution in [0, 0.1) is 6.92 Å². The number of nitrogens with one attached hydrogen (secondary N) is 1. The van der Waals surface area contributed by atoms with Crippen molar-refractivity contribution in [2.75, 3.05) is 17.6 Å². The van der Waals surface area contributed by atoms with Crippen LogP contribution in [-0.4, -0.2) is 26.3 Å². The number of pyridine rings is 1. The van der Waals surface area contributed by atoms with Gasteiger partial charge >= 0.3 is 6.18 Å². The highest BCUT2D eigenvalue weighted by atomic mass is 35.5. The second kappa shape index (κ2) is 8.91. The lowest BCUT2D eigenvalue weighted by Crippen LogP contribution is -2.18. The molecule has 0 atom stereocenters. The molecular weight excluding hydrogens is 483 g/mol. The van der Waals surface area contributed by atoms with Crippen LogP contribution in [0.3, 0.4) is 0 Å². The molecule has 0 aliphatic carbocycles. The third kappa shape index (κ3) is 5.04. The Morgan fingerprint density at radius 1 is 1.18 bits per heavy atom. The van der Waals surface area contributed by atoms with Crippen molar-refractivity contribution in [1.82, 2.24) is 4.98 Å². The lowest BCUT2D eigenvalue weighted by Gasteiger charge is -2.15. The fraction of sp³-hybridized carbons (Fsp3) is 0.143. The van der Waals surface area contributed by atoms with Crippen molar-refractivity contribution < 1.29 is 31.1 Å². The van der Waals surface area contributed by atoms with Gasteiger partial charge in [0.05, 0.1) is 39.5 Å². The number of aromatic nitrogens is 1. The Labute approximate surface area is 192 Å². The molecule has 3 N–H and O–H groups in total. The average molecular weight is 500 g/mol. The van der Waals surface area contributed by atoms with Crippen LogP contribution >= 0.6 is 11.6 Å². The number of anilines is 2. The van der Waals surface area contributed by atoms with Crippen LogP contribution in [0.25, 0.3) is 0 Å². The maximum absolute atomic E-state index is 13.2. The second-order valence-electron chi connectivity index (χ2n) is 6.89.